The third kappa shape index (κ3) is 7.20. The minimum Gasteiger partial charge on any atom is -0.493 e. The van der Waals surface area contributed by atoms with E-state index in [1.807, 2.05) is 37.3 Å². The van der Waals surface area contributed by atoms with Crippen LogP contribution in [-0.2, 0) is 24.4 Å². The molecule has 6 nitrogen and oxygen atoms in total. The molecule has 0 aliphatic rings. The summed E-state index contributed by atoms with van der Waals surface area (Å²) < 4.78 is 15.9. The summed E-state index contributed by atoms with van der Waals surface area (Å²) in [5.41, 5.74) is 3.41. The molecule has 0 saturated carbocycles. The molecule has 0 radical (unpaired) electrons. The number of benzene rings is 2. The van der Waals surface area contributed by atoms with Crippen molar-refractivity contribution in [2.45, 2.75) is 26.6 Å². The van der Waals surface area contributed by atoms with Crippen molar-refractivity contribution < 1.29 is 14.2 Å². The van der Waals surface area contributed by atoms with E-state index in [-0.39, 0.29) is 24.0 Å². The van der Waals surface area contributed by atoms with Gasteiger partial charge >= 0.3 is 0 Å². The second-order valence-corrected chi connectivity index (χ2v) is 5.94. The van der Waals surface area contributed by atoms with Gasteiger partial charge in [-0.15, -0.1) is 24.0 Å². The van der Waals surface area contributed by atoms with Gasteiger partial charge in [-0.1, -0.05) is 30.3 Å². The zero-order valence-corrected chi connectivity index (χ0v) is 19.3. The number of aliphatic imine (C=N–C) groups is 1. The van der Waals surface area contributed by atoms with Gasteiger partial charge in [0.25, 0.3) is 0 Å². The Labute approximate surface area is 184 Å². The van der Waals surface area contributed by atoms with Crippen molar-refractivity contribution in [2.75, 3.05) is 27.9 Å². The van der Waals surface area contributed by atoms with Gasteiger partial charge in [0.1, 0.15) is 0 Å². The van der Waals surface area contributed by atoms with E-state index in [2.05, 4.69) is 27.8 Å². The molecule has 2 aromatic rings. The van der Waals surface area contributed by atoms with Gasteiger partial charge in [0.05, 0.1) is 27.4 Å². The topological polar surface area (TPSA) is 64.1 Å². The number of guanidine groups is 1. The van der Waals surface area contributed by atoms with Crippen LogP contribution in [0.2, 0.25) is 0 Å². The highest BCUT2D eigenvalue weighted by atomic mass is 127. The molecule has 0 spiro atoms. The summed E-state index contributed by atoms with van der Waals surface area (Å²) in [6, 6.07) is 14.1. The first-order valence-corrected chi connectivity index (χ1v) is 9.00. The lowest BCUT2D eigenvalue weighted by Gasteiger charge is -2.14. The Hall–Kier alpha value is -2.00. The highest BCUT2D eigenvalue weighted by molar-refractivity contribution is 14.0. The van der Waals surface area contributed by atoms with Gasteiger partial charge in [0.2, 0.25) is 0 Å². The molecule has 154 valence electrons. The summed E-state index contributed by atoms with van der Waals surface area (Å²) >= 11 is 0. The molecule has 0 bridgehead atoms. The summed E-state index contributed by atoms with van der Waals surface area (Å²) in [6.07, 6.45) is 0. The van der Waals surface area contributed by atoms with Crippen molar-refractivity contribution in [3.63, 3.8) is 0 Å². The second kappa shape index (κ2) is 13.2. The van der Waals surface area contributed by atoms with Crippen LogP contribution in [0.1, 0.15) is 23.6 Å². The predicted octanol–water partition coefficient (Wildman–Crippen LogP) is 3.72. The van der Waals surface area contributed by atoms with Crippen molar-refractivity contribution in [3.05, 3.63) is 59.2 Å². The first-order valence-electron chi connectivity index (χ1n) is 9.00. The van der Waals surface area contributed by atoms with Crippen molar-refractivity contribution in [3.8, 4) is 11.5 Å². The number of rotatable bonds is 9. The summed E-state index contributed by atoms with van der Waals surface area (Å²) in [5, 5.41) is 6.66. The first kappa shape index (κ1) is 24.0. The van der Waals surface area contributed by atoms with Crippen molar-refractivity contribution in [1.29, 1.82) is 0 Å². The lowest BCUT2D eigenvalue weighted by molar-refractivity contribution is 0.184. The van der Waals surface area contributed by atoms with Crippen molar-refractivity contribution in [2.24, 2.45) is 4.99 Å². The van der Waals surface area contributed by atoms with E-state index in [9.17, 15) is 0 Å². The first-order chi connectivity index (χ1) is 13.2. The summed E-state index contributed by atoms with van der Waals surface area (Å²) in [4.78, 5) is 4.67. The van der Waals surface area contributed by atoms with Crippen LogP contribution in [0.3, 0.4) is 0 Å². The SMILES string of the molecule is CCNC(=NCc1ccc(OC)c(OC)c1)NCc1ccccc1COC.I. The third-order valence-corrected chi connectivity index (χ3v) is 4.08. The smallest absolute Gasteiger partial charge is 0.191 e. The van der Waals surface area contributed by atoms with Crippen molar-refractivity contribution >= 4 is 29.9 Å². The van der Waals surface area contributed by atoms with E-state index in [4.69, 9.17) is 14.2 Å². The summed E-state index contributed by atoms with van der Waals surface area (Å²) in [7, 11) is 4.97. The predicted molar refractivity (Wildman–Crippen MR) is 124 cm³/mol. The number of hydrogen-bond acceptors (Lipinski definition) is 4. The zero-order chi connectivity index (χ0) is 19.5. The lowest BCUT2D eigenvalue weighted by atomic mass is 10.1. The van der Waals surface area contributed by atoms with Crippen LogP contribution in [0.4, 0.5) is 0 Å². The standard InChI is InChI=1S/C21H29N3O3.HI/c1-5-22-21(24-14-17-8-6-7-9-18(17)15-25-2)23-13-16-10-11-19(26-3)20(12-16)27-4;/h6-12H,5,13-15H2,1-4H3,(H2,22,23,24);1H. The fourth-order valence-electron chi connectivity index (χ4n) is 2.70. The third-order valence-electron chi connectivity index (χ3n) is 4.08. The van der Waals surface area contributed by atoms with E-state index in [0.717, 1.165) is 18.1 Å². The molecule has 0 aromatic heterocycles. The number of hydrogen-bond donors (Lipinski definition) is 2. The molecule has 2 aromatic carbocycles. The van der Waals surface area contributed by atoms with Crippen LogP contribution in [-0.4, -0.2) is 33.8 Å². The Morgan fingerprint density at radius 3 is 2.29 bits per heavy atom. The molecule has 0 heterocycles. The maximum Gasteiger partial charge on any atom is 0.191 e. The van der Waals surface area contributed by atoms with Gasteiger partial charge in [0, 0.05) is 20.2 Å². The van der Waals surface area contributed by atoms with E-state index in [1.54, 1.807) is 21.3 Å². The fourth-order valence-corrected chi connectivity index (χ4v) is 2.70. The normalized spacial score (nSPS) is 10.8. The number of ether oxygens (including phenoxy) is 3. The Bertz CT molecular complexity index is 753. The molecular formula is C21H30IN3O3. The quantitative estimate of drug-likeness (QED) is 0.313. The summed E-state index contributed by atoms with van der Waals surface area (Å²) in [6.45, 7) is 4.65. The van der Waals surface area contributed by atoms with E-state index in [1.165, 1.54) is 11.1 Å². The van der Waals surface area contributed by atoms with E-state index in [0.29, 0.717) is 31.2 Å². The number of methoxy groups -OCH3 is 3. The van der Waals surface area contributed by atoms with E-state index >= 15 is 0 Å². The maximum atomic E-state index is 5.36. The van der Waals surface area contributed by atoms with Crippen LogP contribution in [0.15, 0.2) is 47.5 Å². The molecule has 0 amide bonds. The average molecular weight is 499 g/mol. The van der Waals surface area contributed by atoms with Gasteiger partial charge in [0.15, 0.2) is 17.5 Å². The molecule has 0 saturated heterocycles. The monoisotopic (exact) mass is 499 g/mol. The van der Waals surface area contributed by atoms with E-state index < -0.39 is 0 Å². The Morgan fingerprint density at radius 2 is 1.64 bits per heavy atom. The van der Waals surface area contributed by atoms with Crippen LogP contribution < -0.4 is 20.1 Å². The van der Waals surface area contributed by atoms with Crippen LogP contribution in [0, 0.1) is 0 Å². The van der Waals surface area contributed by atoms with Crippen LogP contribution >= 0.6 is 24.0 Å². The van der Waals surface area contributed by atoms with Gasteiger partial charge < -0.3 is 24.8 Å². The molecule has 0 atom stereocenters. The average Bonchev–Trinajstić information content (AvgIpc) is 2.71. The molecule has 2 rings (SSSR count). The molecule has 0 aliphatic carbocycles. The van der Waals surface area contributed by atoms with Gasteiger partial charge in [-0.05, 0) is 35.7 Å². The molecule has 28 heavy (non-hydrogen) atoms. The molecule has 0 fully saturated rings. The zero-order valence-electron chi connectivity index (χ0n) is 17.0. The van der Waals surface area contributed by atoms with Crippen LogP contribution in [0.5, 0.6) is 11.5 Å². The number of halogens is 1. The Kier molecular flexibility index (Phi) is 11.4. The van der Waals surface area contributed by atoms with Crippen LogP contribution in [0.25, 0.3) is 0 Å². The molecule has 7 heteroatoms. The summed E-state index contributed by atoms with van der Waals surface area (Å²) in [5.74, 6) is 2.18. The minimum atomic E-state index is 0. The van der Waals surface area contributed by atoms with Crippen molar-refractivity contribution in [1.82, 2.24) is 10.6 Å². The number of nitrogens with one attached hydrogen (secondary N) is 2. The lowest BCUT2D eigenvalue weighted by Crippen LogP contribution is -2.37. The van der Waals surface area contributed by atoms with Gasteiger partial charge in [-0.2, -0.15) is 0 Å². The van der Waals surface area contributed by atoms with Gasteiger partial charge in [-0.3, -0.25) is 0 Å². The fraction of sp³-hybridized carbons (Fsp3) is 0.381. The molecule has 2 N–H and O–H groups in total. The minimum absolute atomic E-state index is 0. The second-order valence-electron chi connectivity index (χ2n) is 5.94. The molecule has 0 aliphatic heterocycles. The molecular weight excluding hydrogens is 469 g/mol. The Balaban J connectivity index is 0.00000392. The Morgan fingerprint density at radius 1 is 0.929 bits per heavy atom. The number of nitrogens with zero attached hydrogens (tertiary/aromatic N) is 1. The maximum absolute atomic E-state index is 5.36. The highest BCUT2D eigenvalue weighted by Gasteiger charge is 2.06. The molecule has 0 unspecified atom stereocenters. The highest BCUT2D eigenvalue weighted by Crippen LogP contribution is 2.27. The largest absolute Gasteiger partial charge is 0.493 e. The van der Waals surface area contributed by atoms with Gasteiger partial charge in [-0.25, -0.2) is 4.99 Å².